The largest absolute Gasteiger partial charge is 1.00 e. The van der Waals surface area contributed by atoms with E-state index in [2.05, 4.69) is 5.32 Å². The summed E-state index contributed by atoms with van der Waals surface area (Å²) >= 11 is 0. The lowest BCUT2D eigenvalue weighted by atomic mass is 10.2. The second kappa shape index (κ2) is 7.00. The van der Waals surface area contributed by atoms with E-state index in [1.165, 1.54) is 12.1 Å². The molecule has 0 aliphatic carbocycles. The lowest BCUT2D eigenvalue weighted by Crippen LogP contribution is -3.00. The molecule has 0 aliphatic heterocycles. The number of anilines is 1. The van der Waals surface area contributed by atoms with E-state index < -0.39 is 5.82 Å². The number of para-hydroxylation sites is 1. The summed E-state index contributed by atoms with van der Waals surface area (Å²) in [5.41, 5.74) is 0.198. The summed E-state index contributed by atoms with van der Waals surface area (Å²) in [5.74, 6) is -0.699. The summed E-state index contributed by atoms with van der Waals surface area (Å²) in [4.78, 5) is 12.0. The second-order valence-corrected chi connectivity index (χ2v) is 4.77. The van der Waals surface area contributed by atoms with Gasteiger partial charge in [0, 0.05) is 11.5 Å². The highest BCUT2D eigenvalue weighted by Gasteiger charge is 2.12. The molecule has 22 heavy (non-hydrogen) atoms. The van der Waals surface area contributed by atoms with Crippen molar-refractivity contribution in [3.63, 3.8) is 0 Å². The molecule has 1 aromatic heterocycles. The number of hydrogen-bond donors (Lipinski definition) is 1. The van der Waals surface area contributed by atoms with Gasteiger partial charge < -0.3 is 17.7 Å². The van der Waals surface area contributed by atoms with Crippen molar-refractivity contribution < 1.29 is 26.2 Å². The van der Waals surface area contributed by atoms with Gasteiger partial charge in [0.25, 0.3) is 5.91 Å². The molecule has 2 aromatic carbocycles. The standard InChI is InChI=1S/C17H13FN2O.ClH/c18-15-7-3-4-8-16(15)19-17(21)12-20-10-9-13-5-1-2-6-14(13)11-20;/h1-11H,12H2;1H. The molecular formula is C17H14ClFN2O. The van der Waals surface area contributed by atoms with Crippen molar-refractivity contribution in [2.45, 2.75) is 6.54 Å². The summed E-state index contributed by atoms with van der Waals surface area (Å²) in [6.07, 6.45) is 3.74. The van der Waals surface area contributed by atoms with Crippen molar-refractivity contribution in [1.29, 1.82) is 0 Å². The van der Waals surface area contributed by atoms with E-state index in [0.717, 1.165) is 10.8 Å². The van der Waals surface area contributed by atoms with Crippen molar-refractivity contribution in [2.75, 3.05) is 5.32 Å². The fourth-order valence-corrected chi connectivity index (χ4v) is 2.19. The molecule has 112 valence electrons. The van der Waals surface area contributed by atoms with E-state index in [0.29, 0.717) is 0 Å². The maximum atomic E-state index is 13.5. The highest BCUT2D eigenvalue weighted by molar-refractivity contribution is 5.89. The van der Waals surface area contributed by atoms with Crippen LogP contribution in [-0.2, 0) is 11.3 Å². The molecule has 0 atom stereocenters. The van der Waals surface area contributed by atoms with Gasteiger partial charge in [-0.15, -0.1) is 0 Å². The Bertz CT molecular complexity index is 807. The summed E-state index contributed by atoms with van der Waals surface area (Å²) in [7, 11) is 0. The first-order valence-corrected chi connectivity index (χ1v) is 6.64. The molecule has 3 aromatic rings. The van der Waals surface area contributed by atoms with Crippen LogP contribution < -0.4 is 22.3 Å². The number of carbonyl (C=O) groups excluding carboxylic acids is 1. The van der Waals surface area contributed by atoms with Crippen LogP contribution in [0.15, 0.2) is 67.0 Å². The Labute approximate surface area is 133 Å². The van der Waals surface area contributed by atoms with Crippen LogP contribution in [0, 0.1) is 5.82 Å². The Hall–Kier alpha value is -2.46. The average Bonchev–Trinajstić information content (AvgIpc) is 2.49. The molecule has 3 nitrogen and oxygen atoms in total. The number of carbonyl (C=O) groups is 1. The first kappa shape index (κ1) is 15.9. The van der Waals surface area contributed by atoms with Crippen molar-refractivity contribution in [3.8, 4) is 0 Å². The van der Waals surface area contributed by atoms with Gasteiger partial charge in [0.05, 0.1) is 5.69 Å². The molecule has 0 unspecified atom stereocenters. The smallest absolute Gasteiger partial charge is 0.290 e. The van der Waals surface area contributed by atoms with Gasteiger partial charge in [0.15, 0.2) is 12.4 Å². The lowest BCUT2D eigenvalue weighted by Gasteiger charge is -2.04. The molecule has 1 N–H and O–H groups in total. The van der Waals surface area contributed by atoms with Crippen LogP contribution in [0.1, 0.15) is 0 Å². The zero-order valence-corrected chi connectivity index (χ0v) is 12.4. The van der Waals surface area contributed by atoms with Crippen molar-refractivity contribution in [1.82, 2.24) is 0 Å². The molecule has 0 fully saturated rings. The van der Waals surface area contributed by atoms with Gasteiger partial charge >= 0.3 is 0 Å². The van der Waals surface area contributed by atoms with Gasteiger partial charge in [-0.3, -0.25) is 4.79 Å². The predicted octanol–water partition coefficient (Wildman–Crippen LogP) is -0.0909. The molecule has 0 radical (unpaired) electrons. The average molecular weight is 317 g/mol. The zero-order valence-electron chi connectivity index (χ0n) is 11.7. The number of halogens is 2. The lowest BCUT2D eigenvalue weighted by molar-refractivity contribution is -0.682. The molecule has 0 saturated carbocycles. The SMILES string of the molecule is O=C(C[n+]1ccc2ccccc2c1)Nc1ccccc1F.[Cl-]. The highest BCUT2D eigenvalue weighted by Crippen LogP contribution is 2.12. The van der Waals surface area contributed by atoms with Crippen LogP contribution in [0.4, 0.5) is 10.1 Å². The summed E-state index contributed by atoms with van der Waals surface area (Å²) < 4.78 is 15.3. The van der Waals surface area contributed by atoms with Crippen molar-refractivity contribution >= 4 is 22.4 Å². The first-order valence-electron chi connectivity index (χ1n) is 6.64. The monoisotopic (exact) mass is 316 g/mol. The van der Waals surface area contributed by atoms with Crippen molar-refractivity contribution in [3.05, 3.63) is 72.8 Å². The minimum atomic E-state index is -0.436. The number of aromatic nitrogens is 1. The van der Waals surface area contributed by atoms with Gasteiger partial charge in [-0.25, -0.2) is 4.39 Å². The summed E-state index contributed by atoms with van der Waals surface area (Å²) in [5, 5.41) is 4.74. The van der Waals surface area contributed by atoms with Crippen LogP contribution in [0.5, 0.6) is 0 Å². The maximum absolute atomic E-state index is 13.5. The number of nitrogens with zero attached hydrogens (tertiary/aromatic N) is 1. The van der Waals surface area contributed by atoms with E-state index in [9.17, 15) is 9.18 Å². The molecule has 0 aliphatic rings. The first-order chi connectivity index (χ1) is 10.2. The van der Waals surface area contributed by atoms with E-state index in [1.54, 1.807) is 16.7 Å². The van der Waals surface area contributed by atoms with Gasteiger partial charge in [-0.1, -0.05) is 30.3 Å². The van der Waals surface area contributed by atoms with E-state index in [1.807, 2.05) is 42.7 Å². The third-order valence-corrected chi connectivity index (χ3v) is 3.22. The minimum Gasteiger partial charge on any atom is -1.00 e. The number of pyridine rings is 1. The molecule has 5 heteroatoms. The van der Waals surface area contributed by atoms with Crippen LogP contribution in [0.2, 0.25) is 0 Å². The topological polar surface area (TPSA) is 33.0 Å². The quantitative estimate of drug-likeness (QED) is 0.673. The Kier molecular flexibility index (Phi) is 5.07. The Morgan fingerprint density at radius 1 is 1.00 bits per heavy atom. The maximum Gasteiger partial charge on any atom is 0.290 e. The fourth-order valence-electron chi connectivity index (χ4n) is 2.19. The van der Waals surface area contributed by atoms with Crippen LogP contribution in [0.25, 0.3) is 10.8 Å². The zero-order chi connectivity index (χ0) is 14.7. The Balaban J connectivity index is 0.00000176. The van der Waals surface area contributed by atoms with Gasteiger partial charge in [0.2, 0.25) is 6.54 Å². The molecule has 0 bridgehead atoms. The minimum absolute atomic E-state index is 0. The van der Waals surface area contributed by atoms with Gasteiger partial charge in [-0.05, 0) is 23.6 Å². The Morgan fingerprint density at radius 3 is 2.45 bits per heavy atom. The van der Waals surface area contributed by atoms with E-state index in [4.69, 9.17) is 0 Å². The van der Waals surface area contributed by atoms with Crippen LogP contribution in [0.3, 0.4) is 0 Å². The second-order valence-electron chi connectivity index (χ2n) is 4.77. The highest BCUT2D eigenvalue weighted by atomic mass is 35.5. The van der Waals surface area contributed by atoms with Crippen LogP contribution in [-0.4, -0.2) is 5.91 Å². The number of benzene rings is 2. The molecule has 1 amide bonds. The Morgan fingerprint density at radius 2 is 1.68 bits per heavy atom. The predicted molar refractivity (Wildman–Crippen MR) is 79.2 cm³/mol. The molecular weight excluding hydrogens is 303 g/mol. The number of fused-ring (bicyclic) bond motifs is 1. The number of hydrogen-bond acceptors (Lipinski definition) is 1. The molecule has 0 saturated heterocycles. The summed E-state index contributed by atoms with van der Waals surface area (Å²) in [6.45, 7) is 0.138. The number of amides is 1. The number of nitrogens with one attached hydrogen (secondary N) is 1. The van der Waals surface area contributed by atoms with Gasteiger partial charge in [0.1, 0.15) is 5.82 Å². The summed E-state index contributed by atoms with van der Waals surface area (Å²) in [6, 6.07) is 16.0. The number of rotatable bonds is 3. The fraction of sp³-hybridized carbons (Fsp3) is 0.0588. The molecule has 1 heterocycles. The van der Waals surface area contributed by atoms with Crippen molar-refractivity contribution in [2.24, 2.45) is 0 Å². The van der Waals surface area contributed by atoms with Crippen LogP contribution >= 0.6 is 0 Å². The molecule has 0 spiro atoms. The van der Waals surface area contributed by atoms with Gasteiger partial charge in [-0.2, -0.15) is 4.57 Å². The van der Waals surface area contributed by atoms with E-state index in [-0.39, 0.29) is 30.5 Å². The van der Waals surface area contributed by atoms with E-state index >= 15 is 0 Å². The normalized spacial score (nSPS) is 10.0. The third kappa shape index (κ3) is 3.59. The molecule has 3 rings (SSSR count). The third-order valence-electron chi connectivity index (χ3n) is 3.22.